The van der Waals surface area contributed by atoms with Gasteiger partial charge in [-0.2, -0.15) is 26.3 Å². The maximum Gasteiger partial charge on any atom is 0.416 e. The lowest BCUT2D eigenvalue weighted by atomic mass is 9.93. The molecule has 0 aliphatic carbocycles. The second-order valence-electron chi connectivity index (χ2n) is 6.96. The van der Waals surface area contributed by atoms with Crippen LogP contribution in [0.25, 0.3) is 0 Å². The molecule has 8 heteroatoms. The summed E-state index contributed by atoms with van der Waals surface area (Å²) in [5, 5.41) is 3.27. The molecule has 1 aliphatic rings. The van der Waals surface area contributed by atoms with Crippen LogP contribution in [0.15, 0.2) is 29.8 Å². The predicted molar refractivity (Wildman–Crippen MR) is 85.6 cm³/mol. The van der Waals surface area contributed by atoms with E-state index in [0.717, 1.165) is 0 Å². The average Bonchev–Trinajstić information content (AvgIpc) is 2.54. The van der Waals surface area contributed by atoms with Crippen LogP contribution in [0.3, 0.4) is 0 Å². The van der Waals surface area contributed by atoms with Gasteiger partial charge in [-0.25, -0.2) is 0 Å². The molecule has 1 aromatic rings. The lowest BCUT2D eigenvalue weighted by Crippen LogP contribution is -2.49. The molecule has 2 rings (SSSR count). The first-order chi connectivity index (χ1) is 11.8. The minimum atomic E-state index is -4.87. The summed E-state index contributed by atoms with van der Waals surface area (Å²) in [4.78, 5) is 0. The van der Waals surface area contributed by atoms with Crippen molar-refractivity contribution in [2.75, 3.05) is 13.2 Å². The van der Waals surface area contributed by atoms with Crippen molar-refractivity contribution in [1.29, 1.82) is 0 Å². The molecule has 2 nitrogen and oxygen atoms in total. The molecule has 0 aromatic heterocycles. The number of nitrogens with one attached hydrogen (secondary N) is 1. The van der Waals surface area contributed by atoms with Crippen molar-refractivity contribution in [3.8, 4) is 0 Å². The summed E-state index contributed by atoms with van der Waals surface area (Å²) < 4.78 is 83.3. The topological polar surface area (TPSA) is 21.3 Å². The van der Waals surface area contributed by atoms with Crippen molar-refractivity contribution in [3.05, 3.63) is 46.5 Å². The number of hydrogen-bond donors (Lipinski definition) is 1. The highest BCUT2D eigenvalue weighted by molar-refractivity contribution is 5.34. The number of ether oxygens (including phenoxy) is 1. The zero-order chi connectivity index (χ0) is 19.8. The van der Waals surface area contributed by atoms with Crippen LogP contribution in [-0.2, 0) is 17.1 Å². The Kier molecular flexibility index (Phi) is 5.77. The van der Waals surface area contributed by atoms with Gasteiger partial charge < -0.3 is 10.1 Å². The van der Waals surface area contributed by atoms with Gasteiger partial charge in [0.1, 0.15) is 0 Å². The zero-order valence-corrected chi connectivity index (χ0v) is 14.7. The molecule has 2 atom stereocenters. The van der Waals surface area contributed by atoms with Crippen LogP contribution in [0, 0.1) is 0 Å². The number of hydrogen-bond acceptors (Lipinski definition) is 2. The van der Waals surface area contributed by atoms with Crippen LogP contribution in [0.1, 0.15) is 50.0 Å². The fraction of sp³-hybridized carbons (Fsp3) is 0.556. The third-order valence-corrected chi connectivity index (χ3v) is 4.43. The van der Waals surface area contributed by atoms with E-state index >= 15 is 0 Å². The Morgan fingerprint density at radius 3 is 2.04 bits per heavy atom. The number of alkyl halides is 6. The molecule has 1 heterocycles. The Morgan fingerprint density at radius 2 is 1.62 bits per heavy atom. The van der Waals surface area contributed by atoms with Crippen molar-refractivity contribution in [2.45, 2.75) is 51.2 Å². The Labute approximate surface area is 148 Å². The van der Waals surface area contributed by atoms with Gasteiger partial charge in [0.25, 0.3) is 0 Å². The summed E-state index contributed by atoms with van der Waals surface area (Å²) >= 11 is 0. The van der Waals surface area contributed by atoms with Crippen LogP contribution >= 0.6 is 0 Å². The highest BCUT2D eigenvalue weighted by atomic mass is 19.4. The van der Waals surface area contributed by atoms with Crippen molar-refractivity contribution >= 4 is 0 Å². The average molecular weight is 381 g/mol. The van der Waals surface area contributed by atoms with Crippen molar-refractivity contribution in [3.63, 3.8) is 0 Å². The quantitative estimate of drug-likeness (QED) is 0.549. The molecule has 0 saturated heterocycles. The first kappa shape index (κ1) is 20.8. The molecular formula is C18H21F6NO. The van der Waals surface area contributed by atoms with Gasteiger partial charge in [0, 0.05) is 12.1 Å². The predicted octanol–water partition coefficient (Wildman–Crippen LogP) is 5.50. The lowest BCUT2D eigenvalue weighted by molar-refractivity contribution is -0.143. The number of rotatable bonds is 4. The maximum absolute atomic E-state index is 12.9. The molecule has 0 amide bonds. The Bertz CT molecular complexity index is 647. The Balaban J connectivity index is 2.21. The van der Waals surface area contributed by atoms with Crippen LogP contribution in [0.5, 0.6) is 0 Å². The van der Waals surface area contributed by atoms with E-state index in [0.29, 0.717) is 25.1 Å². The molecule has 1 aromatic carbocycles. The van der Waals surface area contributed by atoms with E-state index in [1.54, 1.807) is 0 Å². The minimum absolute atomic E-state index is 0.119. The van der Waals surface area contributed by atoms with E-state index < -0.39 is 35.1 Å². The first-order valence-electron chi connectivity index (χ1n) is 8.12. The third kappa shape index (κ3) is 5.23. The third-order valence-electron chi connectivity index (χ3n) is 4.43. The smallest absolute Gasteiger partial charge is 0.372 e. The van der Waals surface area contributed by atoms with E-state index in [9.17, 15) is 26.3 Å². The molecule has 0 bridgehead atoms. The van der Waals surface area contributed by atoms with E-state index in [-0.39, 0.29) is 18.2 Å². The van der Waals surface area contributed by atoms with Gasteiger partial charge in [0.15, 0.2) is 0 Å². The van der Waals surface area contributed by atoms with Crippen molar-refractivity contribution < 1.29 is 31.1 Å². The Morgan fingerprint density at radius 1 is 1.08 bits per heavy atom. The van der Waals surface area contributed by atoms with Gasteiger partial charge in [-0.1, -0.05) is 11.6 Å². The van der Waals surface area contributed by atoms with Crippen LogP contribution in [0.4, 0.5) is 26.3 Å². The maximum atomic E-state index is 12.9. The molecule has 0 radical (unpaired) electrons. The summed E-state index contributed by atoms with van der Waals surface area (Å²) in [6.07, 6.45) is -7.94. The van der Waals surface area contributed by atoms with Gasteiger partial charge in [-0.3, -0.25) is 0 Å². The fourth-order valence-corrected chi connectivity index (χ4v) is 2.63. The van der Waals surface area contributed by atoms with Crippen LogP contribution in [0.2, 0.25) is 0 Å². The van der Waals surface area contributed by atoms with Crippen LogP contribution in [-0.4, -0.2) is 18.7 Å². The van der Waals surface area contributed by atoms with Gasteiger partial charge in [0.2, 0.25) is 0 Å². The van der Waals surface area contributed by atoms with Gasteiger partial charge in [-0.05, 0) is 51.0 Å². The summed E-state index contributed by atoms with van der Waals surface area (Å²) in [5.41, 5.74) is -2.07. The van der Waals surface area contributed by atoms with Gasteiger partial charge in [0.05, 0.1) is 23.8 Å². The molecule has 26 heavy (non-hydrogen) atoms. The van der Waals surface area contributed by atoms with E-state index in [1.807, 2.05) is 19.9 Å². The molecule has 146 valence electrons. The Hall–Kier alpha value is -1.54. The lowest BCUT2D eigenvalue weighted by Gasteiger charge is -2.34. The second kappa shape index (κ2) is 7.23. The second-order valence-corrected chi connectivity index (χ2v) is 6.96. The van der Waals surface area contributed by atoms with Gasteiger partial charge in [-0.15, -0.1) is 0 Å². The zero-order valence-electron chi connectivity index (χ0n) is 14.7. The van der Waals surface area contributed by atoms with Crippen molar-refractivity contribution in [2.24, 2.45) is 0 Å². The standard InChI is InChI=1S/C18H21F6NO/c1-11-4-5-16(3,25-9-11)10-26-12(2)13-6-14(17(19,20)21)8-15(7-13)18(22,23)24/h4,6-8,12,25H,5,9-10H2,1-3H3/t12-,16-/m1/s1. The number of halogens is 6. The van der Waals surface area contributed by atoms with E-state index in [1.165, 1.54) is 12.5 Å². The molecule has 0 saturated carbocycles. The summed E-state index contributed by atoms with van der Waals surface area (Å²) in [6, 6.07) is 1.54. The molecule has 0 unspecified atom stereocenters. The van der Waals surface area contributed by atoms with Crippen molar-refractivity contribution in [1.82, 2.24) is 5.32 Å². The highest BCUT2D eigenvalue weighted by Gasteiger charge is 2.37. The largest absolute Gasteiger partial charge is 0.416 e. The van der Waals surface area contributed by atoms with Gasteiger partial charge >= 0.3 is 12.4 Å². The monoisotopic (exact) mass is 381 g/mol. The summed E-state index contributed by atoms with van der Waals surface area (Å²) in [7, 11) is 0. The normalized spacial score (nSPS) is 22.9. The SMILES string of the molecule is CC1=CC[C@](C)(CO[C@H](C)c2cc(C(F)(F)F)cc(C(F)(F)F)c2)NC1. The van der Waals surface area contributed by atoms with E-state index in [2.05, 4.69) is 5.32 Å². The minimum Gasteiger partial charge on any atom is -0.372 e. The van der Waals surface area contributed by atoms with Crippen LogP contribution < -0.4 is 5.32 Å². The molecule has 1 N–H and O–H groups in total. The molecule has 0 fully saturated rings. The first-order valence-corrected chi connectivity index (χ1v) is 8.12. The number of benzene rings is 1. The summed E-state index contributed by atoms with van der Waals surface area (Å²) in [6.45, 7) is 6.14. The fourth-order valence-electron chi connectivity index (χ4n) is 2.63. The molecule has 0 spiro atoms. The molecular weight excluding hydrogens is 360 g/mol. The highest BCUT2D eigenvalue weighted by Crippen LogP contribution is 2.38. The summed E-state index contributed by atoms with van der Waals surface area (Å²) in [5.74, 6) is 0. The molecule has 1 aliphatic heterocycles. The van der Waals surface area contributed by atoms with E-state index in [4.69, 9.17) is 4.74 Å².